The molecule has 1 aromatic heterocycles. The second-order valence-electron chi connectivity index (χ2n) is 3.38. The van der Waals surface area contributed by atoms with E-state index in [1.165, 1.54) is 11.9 Å². The molecule has 0 fully saturated rings. The minimum absolute atomic E-state index is 0.0589. The van der Waals surface area contributed by atoms with Crippen molar-refractivity contribution in [3.63, 3.8) is 0 Å². The van der Waals surface area contributed by atoms with Gasteiger partial charge in [0.2, 0.25) is 5.95 Å². The van der Waals surface area contributed by atoms with E-state index in [0.717, 1.165) is 12.3 Å². The second-order valence-corrected chi connectivity index (χ2v) is 3.38. The van der Waals surface area contributed by atoms with Gasteiger partial charge >= 0.3 is 6.18 Å². The van der Waals surface area contributed by atoms with Gasteiger partial charge in [-0.25, -0.2) is 9.97 Å². The second kappa shape index (κ2) is 4.65. The van der Waals surface area contributed by atoms with Crippen molar-refractivity contribution in [3.8, 4) is 0 Å². The van der Waals surface area contributed by atoms with E-state index < -0.39 is 11.9 Å². The highest BCUT2D eigenvalue weighted by molar-refractivity contribution is 5.30. The Morgan fingerprint density at radius 1 is 1.50 bits per heavy atom. The van der Waals surface area contributed by atoms with Crippen LogP contribution in [0, 0.1) is 0 Å². The molecule has 0 amide bonds. The van der Waals surface area contributed by atoms with Crippen LogP contribution in [0.25, 0.3) is 0 Å². The fourth-order valence-electron chi connectivity index (χ4n) is 0.996. The lowest BCUT2D eigenvalue weighted by molar-refractivity contribution is -0.141. The van der Waals surface area contributed by atoms with Crippen molar-refractivity contribution in [2.75, 3.05) is 18.6 Å². The summed E-state index contributed by atoms with van der Waals surface area (Å²) in [6.45, 7) is 1.47. The Bertz CT molecular complexity index is 356. The number of halogens is 3. The van der Waals surface area contributed by atoms with E-state index in [9.17, 15) is 13.2 Å². The summed E-state index contributed by atoms with van der Waals surface area (Å²) in [6.07, 6.45) is -3.44. The largest absolute Gasteiger partial charge is 0.433 e. The van der Waals surface area contributed by atoms with E-state index in [1.54, 1.807) is 6.92 Å². The van der Waals surface area contributed by atoms with Crippen LogP contribution in [-0.2, 0) is 6.18 Å². The molecule has 16 heavy (non-hydrogen) atoms. The van der Waals surface area contributed by atoms with Gasteiger partial charge in [0.05, 0.1) is 12.6 Å². The molecule has 0 aliphatic carbocycles. The number of alkyl halides is 3. The van der Waals surface area contributed by atoms with Gasteiger partial charge < -0.3 is 10.0 Å². The summed E-state index contributed by atoms with van der Waals surface area (Å²) in [5.41, 5.74) is -0.991. The van der Waals surface area contributed by atoms with Crippen LogP contribution in [0.4, 0.5) is 19.1 Å². The highest BCUT2D eigenvalue weighted by Gasteiger charge is 2.33. The Labute approximate surface area is 90.7 Å². The number of anilines is 1. The first-order chi connectivity index (χ1) is 7.36. The Balaban J connectivity index is 2.99. The summed E-state index contributed by atoms with van der Waals surface area (Å²) in [7, 11) is 1.52. The average Bonchev–Trinajstić information content (AvgIpc) is 2.26. The summed E-state index contributed by atoms with van der Waals surface area (Å²) < 4.78 is 37.1. The molecule has 90 valence electrons. The summed E-state index contributed by atoms with van der Waals surface area (Å²) in [5.74, 6) is -0.0589. The lowest BCUT2D eigenvalue weighted by atomic mass is 10.3. The van der Waals surface area contributed by atoms with Gasteiger partial charge in [-0.2, -0.15) is 13.2 Å². The molecular weight excluding hydrogens is 223 g/mol. The van der Waals surface area contributed by atoms with Gasteiger partial charge in [-0.15, -0.1) is 0 Å². The van der Waals surface area contributed by atoms with Crippen molar-refractivity contribution in [3.05, 3.63) is 18.0 Å². The number of nitrogens with zero attached hydrogens (tertiary/aromatic N) is 3. The predicted octanol–water partition coefficient (Wildman–Crippen LogP) is 1.31. The first-order valence-corrected chi connectivity index (χ1v) is 4.60. The van der Waals surface area contributed by atoms with Crippen LogP contribution in [0.15, 0.2) is 12.3 Å². The van der Waals surface area contributed by atoms with Crippen molar-refractivity contribution < 1.29 is 18.3 Å². The molecule has 0 aliphatic heterocycles. The minimum atomic E-state index is -4.49. The van der Waals surface area contributed by atoms with Gasteiger partial charge in [-0.3, -0.25) is 0 Å². The Hall–Kier alpha value is -1.37. The highest BCUT2D eigenvalue weighted by atomic mass is 19.4. The zero-order valence-electron chi connectivity index (χ0n) is 8.86. The normalized spacial score (nSPS) is 13.6. The fourth-order valence-corrected chi connectivity index (χ4v) is 0.996. The van der Waals surface area contributed by atoms with Gasteiger partial charge in [0, 0.05) is 13.2 Å². The lowest BCUT2D eigenvalue weighted by Crippen LogP contribution is -2.33. The summed E-state index contributed by atoms with van der Waals surface area (Å²) in [4.78, 5) is 8.50. The molecule has 1 rings (SSSR count). The molecule has 1 aromatic rings. The number of aliphatic hydroxyl groups excluding tert-OH is 1. The summed E-state index contributed by atoms with van der Waals surface area (Å²) in [5, 5.41) is 8.88. The third kappa shape index (κ3) is 2.82. The van der Waals surface area contributed by atoms with Crippen molar-refractivity contribution in [2.24, 2.45) is 0 Å². The third-order valence-corrected chi connectivity index (χ3v) is 2.17. The monoisotopic (exact) mass is 235 g/mol. The van der Waals surface area contributed by atoms with Crippen molar-refractivity contribution in [1.82, 2.24) is 9.97 Å². The molecule has 0 aromatic carbocycles. The number of likely N-dealkylation sites (N-methyl/N-ethyl adjacent to an activating group) is 1. The van der Waals surface area contributed by atoms with E-state index in [-0.39, 0.29) is 18.6 Å². The van der Waals surface area contributed by atoms with E-state index in [1.807, 2.05) is 0 Å². The number of aliphatic hydroxyl groups is 1. The van der Waals surface area contributed by atoms with Gasteiger partial charge in [-0.1, -0.05) is 0 Å². The third-order valence-electron chi connectivity index (χ3n) is 2.17. The predicted molar refractivity (Wildman–Crippen MR) is 52.0 cm³/mol. The van der Waals surface area contributed by atoms with Gasteiger partial charge in [-0.05, 0) is 13.0 Å². The van der Waals surface area contributed by atoms with Crippen LogP contribution < -0.4 is 4.90 Å². The van der Waals surface area contributed by atoms with Crippen LogP contribution in [0.3, 0.4) is 0 Å². The summed E-state index contributed by atoms with van der Waals surface area (Å²) >= 11 is 0. The first kappa shape index (κ1) is 12.7. The molecule has 0 saturated heterocycles. The molecule has 1 heterocycles. The smallest absolute Gasteiger partial charge is 0.394 e. The van der Waals surface area contributed by atoms with Crippen LogP contribution in [0.5, 0.6) is 0 Å². The maximum absolute atomic E-state index is 12.4. The SMILES string of the molecule is CC(CO)N(C)c1nccc(C(F)(F)F)n1. The van der Waals surface area contributed by atoms with E-state index in [0.29, 0.717) is 0 Å². The molecule has 0 saturated carbocycles. The van der Waals surface area contributed by atoms with Crippen LogP contribution in [0.1, 0.15) is 12.6 Å². The number of hydrogen-bond acceptors (Lipinski definition) is 4. The highest BCUT2D eigenvalue weighted by Crippen LogP contribution is 2.28. The molecule has 0 aliphatic rings. The van der Waals surface area contributed by atoms with E-state index >= 15 is 0 Å². The molecule has 1 unspecified atom stereocenters. The van der Waals surface area contributed by atoms with Gasteiger partial charge in [0.25, 0.3) is 0 Å². The van der Waals surface area contributed by atoms with Crippen molar-refractivity contribution in [2.45, 2.75) is 19.1 Å². The average molecular weight is 235 g/mol. The lowest BCUT2D eigenvalue weighted by Gasteiger charge is -2.23. The summed E-state index contributed by atoms with van der Waals surface area (Å²) in [6, 6.07) is 0.463. The topological polar surface area (TPSA) is 49.2 Å². The molecule has 4 nitrogen and oxygen atoms in total. The maximum atomic E-state index is 12.4. The van der Waals surface area contributed by atoms with Gasteiger partial charge in [0.15, 0.2) is 0 Å². The Kier molecular flexibility index (Phi) is 3.69. The number of aromatic nitrogens is 2. The quantitative estimate of drug-likeness (QED) is 0.858. The molecular formula is C9H12F3N3O. The molecule has 7 heteroatoms. The molecule has 1 atom stereocenters. The first-order valence-electron chi connectivity index (χ1n) is 4.60. The van der Waals surface area contributed by atoms with Crippen molar-refractivity contribution in [1.29, 1.82) is 0 Å². The Morgan fingerprint density at radius 3 is 2.62 bits per heavy atom. The van der Waals surface area contributed by atoms with Crippen LogP contribution in [-0.4, -0.2) is 34.8 Å². The zero-order valence-corrected chi connectivity index (χ0v) is 8.86. The number of rotatable bonds is 3. The van der Waals surface area contributed by atoms with Crippen molar-refractivity contribution >= 4 is 5.95 Å². The Morgan fingerprint density at radius 2 is 2.12 bits per heavy atom. The standard InChI is InChI=1S/C9H12F3N3O/c1-6(5-16)15(2)8-13-4-3-7(14-8)9(10,11)12/h3-4,6,16H,5H2,1-2H3. The molecule has 0 radical (unpaired) electrons. The molecule has 0 spiro atoms. The minimum Gasteiger partial charge on any atom is -0.394 e. The van der Waals surface area contributed by atoms with E-state index in [4.69, 9.17) is 5.11 Å². The van der Waals surface area contributed by atoms with Crippen LogP contribution in [0.2, 0.25) is 0 Å². The molecule has 0 bridgehead atoms. The van der Waals surface area contributed by atoms with Gasteiger partial charge in [0.1, 0.15) is 5.69 Å². The van der Waals surface area contributed by atoms with E-state index in [2.05, 4.69) is 9.97 Å². The fraction of sp³-hybridized carbons (Fsp3) is 0.556. The maximum Gasteiger partial charge on any atom is 0.433 e. The zero-order chi connectivity index (χ0) is 12.3. The number of hydrogen-bond donors (Lipinski definition) is 1. The van der Waals surface area contributed by atoms with Crippen LogP contribution >= 0.6 is 0 Å². The molecule has 1 N–H and O–H groups in total.